The van der Waals surface area contributed by atoms with Crippen molar-refractivity contribution in [2.75, 3.05) is 6.61 Å². The van der Waals surface area contributed by atoms with Gasteiger partial charge < -0.3 is 46.0 Å². The standard InChI is InChI=1S/C44H84NO12P/c1-3-5-7-9-11-13-14-15-16-17-18-19-20-21-22-23-24-25-27-29-31-35(46)33-38(48)45-36(37(47)32-30-28-26-12-10-8-6-4-2)34-56-58(54,55)57-44-42(52)40(50)39(49)41(51)43(44)53/h10,12,30,32,35-37,39-44,46-47,49-53H,3-9,11,13-29,31,33-34H2,1-2H3,(H,45,48)(H,54,55)/b12-10+,32-30+. The van der Waals surface area contributed by atoms with Gasteiger partial charge in [0.1, 0.15) is 36.6 Å². The molecule has 1 saturated carbocycles. The van der Waals surface area contributed by atoms with E-state index in [0.29, 0.717) is 12.8 Å². The lowest BCUT2D eigenvalue weighted by molar-refractivity contribution is -0.220. The zero-order valence-corrected chi connectivity index (χ0v) is 36.9. The number of allylic oxidation sites excluding steroid dienone is 3. The Balaban J connectivity index is 2.42. The number of amides is 1. The van der Waals surface area contributed by atoms with Gasteiger partial charge in [-0.05, 0) is 25.7 Å². The van der Waals surface area contributed by atoms with Crippen LogP contribution in [-0.2, 0) is 18.4 Å². The summed E-state index contributed by atoms with van der Waals surface area (Å²) in [6.07, 6.45) is 23.2. The van der Waals surface area contributed by atoms with Crippen molar-refractivity contribution in [3.8, 4) is 0 Å². The number of nitrogens with one attached hydrogen (secondary N) is 1. The average Bonchev–Trinajstić information content (AvgIpc) is 3.19. The Kier molecular flexibility index (Phi) is 32.5. The predicted molar refractivity (Wildman–Crippen MR) is 229 cm³/mol. The monoisotopic (exact) mass is 850 g/mol. The van der Waals surface area contributed by atoms with E-state index >= 15 is 0 Å². The molecule has 0 heterocycles. The van der Waals surface area contributed by atoms with Crippen molar-refractivity contribution in [1.82, 2.24) is 5.32 Å². The number of aliphatic hydroxyl groups excluding tert-OH is 7. The molecule has 58 heavy (non-hydrogen) atoms. The molecule has 1 rings (SSSR count). The normalized spacial score (nSPS) is 24.0. The molecule has 342 valence electrons. The van der Waals surface area contributed by atoms with Gasteiger partial charge in [-0.3, -0.25) is 13.8 Å². The molecule has 0 aromatic heterocycles. The molecule has 0 saturated heterocycles. The largest absolute Gasteiger partial charge is 0.472 e. The molecule has 0 bridgehead atoms. The third-order valence-electron chi connectivity index (χ3n) is 11.0. The van der Waals surface area contributed by atoms with Crippen molar-refractivity contribution in [1.29, 1.82) is 0 Å². The minimum absolute atomic E-state index is 0.250. The van der Waals surface area contributed by atoms with E-state index in [1.807, 2.05) is 6.08 Å². The van der Waals surface area contributed by atoms with Crippen LogP contribution in [0, 0.1) is 0 Å². The first-order valence-corrected chi connectivity index (χ1v) is 24.4. The fraction of sp³-hybridized carbons (Fsp3) is 0.886. The Labute approximate surface area is 350 Å². The molecular weight excluding hydrogens is 765 g/mol. The molecule has 0 aliphatic heterocycles. The van der Waals surface area contributed by atoms with Gasteiger partial charge >= 0.3 is 7.82 Å². The van der Waals surface area contributed by atoms with Gasteiger partial charge in [0.25, 0.3) is 0 Å². The summed E-state index contributed by atoms with van der Waals surface area (Å²) in [5.74, 6) is -0.604. The van der Waals surface area contributed by atoms with Crippen molar-refractivity contribution in [3.63, 3.8) is 0 Å². The van der Waals surface area contributed by atoms with E-state index in [4.69, 9.17) is 9.05 Å². The van der Waals surface area contributed by atoms with Crippen molar-refractivity contribution in [2.24, 2.45) is 0 Å². The number of rotatable bonds is 37. The number of carbonyl (C=O) groups is 1. The first-order valence-electron chi connectivity index (χ1n) is 22.9. The SMILES string of the molecule is CCCC/C=C/CC/C=C/C(O)C(COP(=O)(O)OC1C(O)C(O)C(O)C(O)C1O)NC(=O)CC(O)CCCCCCCCCCCCCCCCCCCCCC. The van der Waals surface area contributed by atoms with Crippen LogP contribution in [0.15, 0.2) is 24.3 Å². The second-order valence-corrected chi connectivity index (χ2v) is 17.8. The zero-order valence-electron chi connectivity index (χ0n) is 36.0. The molecule has 0 radical (unpaired) electrons. The summed E-state index contributed by atoms with van der Waals surface area (Å²) in [4.78, 5) is 23.3. The molecule has 14 heteroatoms. The first kappa shape index (κ1) is 54.8. The third kappa shape index (κ3) is 26.2. The average molecular weight is 850 g/mol. The van der Waals surface area contributed by atoms with Crippen LogP contribution < -0.4 is 5.32 Å². The summed E-state index contributed by atoms with van der Waals surface area (Å²) in [6, 6.07) is -1.25. The molecule has 9 N–H and O–H groups in total. The van der Waals surface area contributed by atoms with Crippen molar-refractivity contribution in [3.05, 3.63) is 24.3 Å². The minimum atomic E-state index is -5.14. The van der Waals surface area contributed by atoms with E-state index in [1.165, 1.54) is 109 Å². The van der Waals surface area contributed by atoms with Crippen LogP contribution in [-0.4, -0.2) is 108 Å². The summed E-state index contributed by atoms with van der Waals surface area (Å²) in [5, 5.41) is 74.1. The van der Waals surface area contributed by atoms with E-state index in [-0.39, 0.29) is 6.42 Å². The Morgan fingerprint density at radius 3 is 1.50 bits per heavy atom. The maximum absolute atomic E-state index is 12.9. The molecule has 0 aromatic rings. The Hall–Kier alpha value is -1.22. The minimum Gasteiger partial charge on any atom is -0.393 e. The Morgan fingerprint density at radius 2 is 1.02 bits per heavy atom. The van der Waals surface area contributed by atoms with Crippen LogP contribution in [0.5, 0.6) is 0 Å². The summed E-state index contributed by atoms with van der Waals surface area (Å²) < 4.78 is 22.7. The molecule has 1 amide bonds. The van der Waals surface area contributed by atoms with E-state index in [9.17, 15) is 50.0 Å². The number of phosphoric acid groups is 1. The van der Waals surface area contributed by atoms with Crippen molar-refractivity contribution < 1.29 is 59.0 Å². The summed E-state index contributed by atoms with van der Waals surface area (Å²) in [5.41, 5.74) is 0. The van der Waals surface area contributed by atoms with Gasteiger partial charge in [-0.25, -0.2) is 4.57 Å². The third-order valence-corrected chi connectivity index (χ3v) is 12.0. The molecule has 8 atom stereocenters. The second-order valence-electron chi connectivity index (χ2n) is 16.4. The van der Waals surface area contributed by atoms with Crippen molar-refractivity contribution in [2.45, 2.75) is 242 Å². The fourth-order valence-electron chi connectivity index (χ4n) is 7.24. The highest BCUT2D eigenvalue weighted by atomic mass is 31.2. The first-order chi connectivity index (χ1) is 27.8. The highest BCUT2D eigenvalue weighted by Crippen LogP contribution is 2.47. The molecule has 0 spiro atoms. The van der Waals surface area contributed by atoms with Crippen LogP contribution >= 0.6 is 7.82 Å². The molecule has 1 aliphatic carbocycles. The Morgan fingerprint density at radius 1 is 0.603 bits per heavy atom. The molecular formula is C44H84NO12P. The molecule has 0 aromatic carbocycles. The smallest absolute Gasteiger partial charge is 0.393 e. The maximum Gasteiger partial charge on any atom is 0.472 e. The molecule has 1 aliphatic rings. The van der Waals surface area contributed by atoms with E-state index in [0.717, 1.165) is 51.4 Å². The van der Waals surface area contributed by atoms with Gasteiger partial charge in [0, 0.05) is 0 Å². The van der Waals surface area contributed by atoms with Crippen LogP contribution in [0.3, 0.4) is 0 Å². The zero-order chi connectivity index (χ0) is 43.0. The van der Waals surface area contributed by atoms with Gasteiger partial charge in [0.15, 0.2) is 0 Å². The fourth-order valence-corrected chi connectivity index (χ4v) is 8.21. The summed E-state index contributed by atoms with van der Waals surface area (Å²) in [7, 11) is -5.14. The number of carbonyl (C=O) groups excluding carboxylic acids is 1. The highest BCUT2D eigenvalue weighted by molar-refractivity contribution is 7.47. The quantitative estimate of drug-likeness (QED) is 0.0172. The van der Waals surface area contributed by atoms with E-state index in [2.05, 4.69) is 25.2 Å². The van der Waals surface area contributed by atoms with Gasteiger partial charge in [-0.15, -0.1) is 0 Å². The summed E-state index contributed by atoms with van der Waals surface area (Å²) >= 11 is 0. The molecule has 8 unspecified atom stereocenters. The lowest BCUT2D eigenvalue weighted by Crippen LogP contribution is -2.64. The van der Waals surface area contributed by atoms with E-state index < -0.39 is 75.2 Å². The Bertz CT molecular complexity index is 1100. The van der Waals surface area contributed by atoms with Gasteiger partial charge in [0.2, 0.25) is 5.91 Å². The molecule has 1 fully saturated rings. The lowest BCUT2D eigenvalue weighted by Gasteiger charge is -2.41. The van der Waals surface area contributed by atoms with Crippen molar-refractivity contribution >= 4 is 13.7 Å². The van der Waals surface area contributed by atoms with Gasteiger partial charge in [-0.2, -0.15) is 0 Å². The number of phosphoric ester groups is 1. The predicted octanol–water partition coefficient (Wildman–Crippen LogP) is 7.20. The van der Waals surface area contributed by atoms with Gasteiger partial charge in [0.05, 0.1) is 31.3 Å². The maximum atomic E-state index is 12.9. The van der Waals surface area contributed by atoms with Crippen LogP contribution in [0.25, 0.3) is 0 Å². The van der Waals surface area contributed by atoms with E-state index in [1.54, 1.807) is 6.08 Å². The van der Waals surface area contributed by atoms with Crippen LogP contribution in [0.4, 0.5) is 0 Å². The number of hydrogen-bond acceptors (Lipinski definition) is 11. The number of aliphatic hydroxyl groups is 7. The molecule has 13 nitrogen and oxygen atoms in total. The number of unbranched alkanes of at least 4 members (excludes halogenated alkanes) is 22. The van der Waals surface area contributed by atoms with Crippen LogP contribution in [0.1, 0.15) is 187 Å². The lowest BCUT2D eigenvalue weighted by atomic mass is 9.85. The van der Waals surface area contributed by atoms with Gasteiger partial charge in [-0.1, -0.05) is 179 Å². The second kappa shape index (κ2) is 34.4. The topological polar surface area (TPSA) is 226 Å². The summed E-state index contributed by atoms with van der Waals surface area (Å²) in [6.45, 7) is 3.63. The highest BCUT2D eigenvalue weighted by Gasteiger charge is 2.51. The number of hydrogen-bond donors (Lipinski definition) is 9. The van der Waals surface area contributed by atoms with Crippen LogP contribution in [0.2, 0.25) is 0 Å².